The monoisotopic (exact) mass is 387 g/mol. The van der Waals surface area contributed by atoms with Crippen LogP contribution in [0.3, 0.4) is 0 Å². The first-order chi connectivity index (χ1) is 13.6. The van der Waals surface area contributed by atoms with Crippen LogP contribution in [0.15, 0.2) is 0 Å². The van der Waals surface area contributed by atoms with Gasteiger partial charge in [0, 0.05) is 37.8 Å². The molecule has 1 aromatic heterocycles. The Morgan fingerprint density at radius 2 is 2.21 bits per heavy atom. The first kappa shape index (κ1) is 18.7. The maximum Gasteiger partial charge on any atom is 0.408 e. The molecule has 4 rings (SSSR count). The maximum atomic E-state index is 11.3. The van der Waals surface area contributed by atoms with Crippen LogP contribution in [-0.4, -0.2) is 82.9 Å². The van der Waals surface area contributed by atoms with Gasteiger partial charge in [0.25, 0.3) is 0 Å². The number of hydrogen-bond acceptors (Lipinski definition) is 8. The second-order valence-corrected chi connectivity index (χ2v) is 7.51. The van der Waals surface area contributed by atoms with Crippen molar-refractivity contribution < 1.29 is 14.6 Å². The highest BCUT2D eigenvalue weighted by Gasteiger charge is 2.33. The van der Waals surface area contributed by atoms with Crippen molar-refractivity contribution in [2.24, 2.45) is 0 Å². The number of piperazine rings is 1. The topological polar surface area (TPSA) is 118 Å². The highest BCUT2D eigenvalue weighted by atomic mass is 16.5. The minimum absolute atomic E-state index is 0.267. The molecule has 2 saturated heterocycles. The molecule has 2 fully saturated rings. The number of hydrogen-bond donors (Lipinski definition) is 2. The SMILES string of the molecule is CN1CCC[C@H]1COc1nc2c(c(N3CCN(C(=O)O)[C@@H](C#N)C3)n1)CNC2. The van der Waals surface area contributed by atoms with Crippen LogP contribution in [-0.2, 0) is 13.1 Å². The van der Waals surface area contributed by atoms with Gasteiger partial charge in [-0.2, -0.15) is 15.2 Å². The quantitative estimate of drug-likeness (QED) is 0.749. The summed E-state index contributed by atoms with van der Waals surface area (Å²) in [6.07, 6.45) is 1.22. The number of amides is 1. The van der Waals surface area contributed by atoms with Gasteiger partial charge in [-0.15, -0.1) is 0 Å². The van der Waals surface area contributed by atoms with E-state index in [1.807, 2.05) is 4.90 Å². The number of likely N-dealkylation sites (N-methyl/N-ethyl adjacent to an activating group) is 1. The Hall–Kier alpha value is -2.64. The number of aromatic nitrogens is 2. The van der Waals surface area contributed by atoms with Crippen LogP contribution in [0.1, 0.15) is 24.1 Å². The van der Waals surface area contributed by atoms with E-state index in [4.69, 9.17) is 4.74 Å². The summed E-state index contributed by atoms with van der Waals surface area (Å²) in [4.78, 5) is 26.0. The van der Waals surface area contributed by atoms with E-state index < -0.39 is 12.1 Å². The molecule has 10 heteroatoms. The lowest BCUT2D eigenvalue weighted by Crippen LogP contribution is -2.54. The number of ether oxygens (including phenoxy) is 1. The summed E-state index contributed by atoms with van der Waals surface area (Å²) in [6, 6.07) is 2.10. The summed E-state index contributed by atoms with van der Waals surface area (Å²) in [5, 5.41) is 22.0. The summed E-state index contributed by atoms with van der Waals surface area (Å²) >= 11 is 0. The van der Waals surface area contributed by atoms with Crippen LogP contribution in [0.5, 0.6) is 6.01 Å². The number of rotatable bonds is 4. The zero-order chi connectivity index (χ0) is 19.7. The van der Waals surface area contributed by atoms with Crippen molar-refractivity contribution in [3.63, 3.8) is 0 Å². The zero-order valence-electron chi connectivity index (χ0n) is 16.0. The second-order valence-electron chi connectivity index (χ2n) is 7.51. The van der Waals surface area contributed by atoms with Crippen LogP contribution in [0.25, 0.3) is 0 Å². The fourth-order valence-electron chi connectivity index (χ4n) is 4.13. The molecule has 4 heterocycles. The van der Waals surface area contributed by atoms with Gasteiger partial charge in [-0.05, 0) is 26.4 Å². The third-order valence-corrected chi connectivity index (χ3v) is 5.80. The van der Waals surface area contributed by atoms with E-state index in [-0.39, 0.29) is 13.1 Å². The number of fused-ring (bicyclic) bond motifs is 1. The Morgan fingerprint density at radius 1 is 1.36 bits per heavy atom. The molecule has 1 aromatic rings. The largest absolute Gasteiger partial charge is 0.465 e. The van der Waals surface area contributed by atoms with E-state index in [1.54, 1.807) is 0 Å². The Kier molecular flexibility index (Phi) is 5.19. The Morgan fingerprint density at radius 3 is 2.93 bits per heavy atom. The molecule has 1 amide bonds. The number of nitrogens with zero attached hydrogens (tertiary/aromatic N) is 6. The lowest BCUT2D eigenvalue weighted by atomic mass is 10.1. The van der Waals surface area contributed by atoms with E-state index in [0.29, 0.717) is 38.3 Å². The normalized spacial score (nSPS) is 24.9. The van der Waals surface area contributed by atoms with Crippen molar-refractivity contribution in [1.29, 1.82) is 5.26 Å². The zero-order valence-corrected chi connectivity index (χ0v) is 16.0. The standard InChI is InChI=1S/C18H25N7O3/c1-23-4-2-3-12(23)11-28-17-21-15-9-20-8-14(15)16(22-17)24-5-6-25(18(26)27)13(7-19)10-24/h12-13,20H,2-6,8-11H2,1H3,(H,26,27)/t12-,13-/m0/s1. The number of anilines is 1. The molecule has 2 atom stereocenters. The predicted octanol–water partition coefficient (Wildman–Crippen LogP) is 0.245. The molecule has 10 nitrogen and oxygen atoms in total. The lowest BCUT2D eigenvalue weighted by molar-refractivity contribution is 0.130. The van der Waals surface area contributed by atoms with Crippen molar-refractivity contribution in [2.75, 3.05) is 44.7 Å². The number of nitriles is 1. The molecular formula is C18H25N7O3. The first-order valence-corrected chi connectivity index (χ1v) is 9.64. The van der Waals surface area contributed by atoms with Gasteiger partial charge >= 0.3 is 12.1 Å². The van der Waals surface area contributed by atoms with Gasteiger partial charge in [-0.3, -0.25) is 4.90 Å². The molecule has 3 aliphatic rings. The highest BCUT2D eigenvalue weighted by Crippen LogP contribution is 2.29. The Bertz CT molecular complexity index is 796. The first-order valence-electron chi connectivity index (χ1n) is 9.64. The van der Waals surface area contributed by atoms with E-state index in [2.05, 4.69) is 33.3 Å². The molecule has 0 aromatic carbocycles. The predicted molar refractivity (Wildman–Crippen MR) is 100 cm³/mol. The molecule has 0 unspecified atom stereocenters. The average molecular weight is 387 g/mol. The summed E-state index contributed by atoms with van der Waals surface area (Å²) in [5.74, 6) is 0.745. The van der Waals surface area contributed by atoms with Crippen LogP contribution >= 0.6 is 0 Å². The third kappa shape index (κ3) is 3.55. The Labute approximate surface area is 163 Å². The smallest absolute Gasteiger partial charge is 0.408 e. The van der Waals surface area contributed by atoms with E-state index in [1.165, 1.54) is 11.3 Å². The average Bonchev–Trinajstić information content (AvgIpc) is 3.33. The maximum absolute atomic E-state index is 11.3. The molecule has 150 valence electrons. The van der Waals surface area contributed by atoms with Gasteiger partial charge in [0.2, 0.25) is 0 Å². The van der Waals surface area contributed by atoms with Gasteiger partial charge < -0.3 is 25.0 Å². The molecule has 28 heavy (non-hydrogen) atoms. The molecule has 3 aliphatic heterocycles. The van der Waals surface area contributed by atoms with Crippen LogP contribution in [0.4, 0.5) is 10.6 Å². The van der Waals surface area contributed by atoms with Crippen LogP contribution in [0.2, 0.25) is 0 Å². The molecule has 0 saturated carbocycles. The summed E-state index contributed by atoms with van der Waals surface area (Å²) in [5.41, 5.74) is 1.92. The summed E-state index contributed by atoms with van der Waals surface area (Å²) in [6.45, 7) is 3.99. The van der Waals surface area contributed by atoms with Crippen molar-refractivity contribution in [3.8, 4) is 12.1 Å². The Balaban J connectivity index is 1.54. The fraction of sp³-hybridized carbons (Fsp3) is 0.667. The van der Waals surface area contributed by atoms with Gasteiger partial charge in [0.05, 0.1) is 18.3 Å². The van der Waals surface area contributed by atoms with Crippen molar-refractivity contribution in [1.82, 2.24) is 25.1 Å². The highest BCUT2D eigenvalue weighted by molar-refractivity contribution is 5.67. The third-order valence-electron chi connectivity index (χ3n) is 5.80. The van der Waals surface area contributed by atoms with Gasteiger partial charge in [-0.1, -0.05) is 0 Å². The summed E-state index contributed by atoms with van der Waals surface area (Å²) in [7, 11) is 2.10. The van der Waals surface area contributed by atoms with Crippen molar-refractivity contribution in [2.45, 2.75) is 38.0 Å². The minimum Gasteiger partial charge on any atom is -0.465 e. The fourth-order valence-corrected chi connectivity index (χ4v) is 4.13. The molecular weight excluding hydrogens is 362 g/mol. The molecule has 0 bridgehead atoms. The van der Waals surface area contributed by atoms with Crippen molar-refractivity contribution in [3.05, 3.63) is 11.3 Å². The van der Waals surface area contributed by atoms with E-state index in [9.17, 15) is 15.2 Å². The number of nitrogens with one attached hydrogen (secondary N) is 1. The molecule has 2 N–H and O–H groups in total. The van der Waals surface area contributed by atoms with E-state index in [0.717, 1.165) is 30.0 Å². The molecule has 0 spiro atoms. The summed E-state index contributed by atoms with van der Waals surface area (Å²) < 4.78 is 5.94. The number of carbonyl (C=O) groups is 1. The van der Waals surface area contributed by atoms with E-state index >= 15 is 0 Å². The van der Waals surface area contributed by atoms with Gasteiger partial charge in [-0.25, -0.2) is 4.79 Å². The van der Waals surface area contributed by atoms with Gasteiger partial charge in [0.1, 0.15) is 18.5 Å². The van der Waals surface area contributed by atoms with Crippen molar-refractivity contribution >= 4 is 11.9 Å². The number of likely N-dealkylation sites (tertiary alicyclic amines) is 1. The molecule has 0 aliphatic carbocycles. The van der Waals surface area contributed by atoms with Gasteiger partial charge in [0.15, 0.2) is 0 Å². The number of carboxylic acid groups (broad SMARTS) is 1. The van der Waals surface area contributed by atoms with Crippen LogP contribution in [0, 0.1) is 11.3 Å². The minimum atomic E-state index is -1.06. The second kappa shape index (κ2) is 7.77. The molecule has 0 radical (unpaired) electrons. The van der Waals surface area contributed by atoms with Crippen LogP contribution < -0.4 is 15.0 Å². The lowest BCUT2D eigenvalue weighted by Gasteiger charge is -2.37.